The number of hydrogen-bond donors (Lipinski definition) is 3. The summed E-state index contributed by atoms with van der Waals surface area (Å²) in [5.41, 5.74) is -1.36. The monoisotopic (exact) mass is 362 g/mol. The molecule has 0 amide bonds. The van der Waals surface area contributed by atoms with Crippen LogP contribution in [0, 0.1) is 16.2 Å². The summed E-state index contributed by atoms with van der Waals surface area (Å²) in [6.07, 6.45) is 1.43. The average Bonchev–Trinajstić information content (AvgIpc) is 2.39. The maximum Gasteiger partial charge on any atom is 0.366 e. The van der Waals surface area contributed by atoms with Crippen LogP contribution >= 0.6 is 0 Å². The highest BCUT2D eigenvalue weighted by Gasteiger charge is 2.34. The van der Waals surface area contributed by atoms with Crippen molar-refractivity contribution >= 4 is 17.9 Å². The summed E-state index contributed by atoms with van der Waals surface area (Å²) >= 11 is 0. The van der Waals surface area contributed by atoms with Crippen molar-refractivity contribution in [2.75, 3.05) is 0 Å². The second-order valence-corrected chi connectivity index (χ2v) is 8.52. The number of carboxylic acid groups (broad SMARTS) is 1. The third kappa shape index (κ3) is 11.3. The normalized spacial score (nSPS) is 12.6. The van der Waals surface area contributed by atoms with E-state index in [1.807, 2.05) is 20.8 Å². The van der Waals surface area contributed by atoms with Gasteiger partial charge < -0.3 is 9.99 Å². The number of carbonyl (C=O) groups excluding carboxylic acids is 2. The van der Waals surface area contributed by atoms with Gasteiger partial charge in [-0.2, -0.15) is 10.5 Å². The third-order valence-corrected chi connectivity index (χ3v) is 3.00. The van der Waals surface area contributed by atoms with E-state index < -0.39 is 28.7 Å². The molecule has 0 aromatic rings. The largest absolute Gasteiger partial charge is 0.478 e. The zero-order valence-electron chi connectivity index (χ0n) is 16.2. The van der Waals surface area contributed by atoms with Crippen molar-refractivity contribution in [1.29, 1.82) is 0 Å². The fraction of sp³-hybridized carbons (Fsp3) is 0.706. The average molecular weight is 362 g/mol. The van der Waals surface area contributed by atoms with Crippen molar-refractivity contribution in [3.05, 3.63) is 11.6 Å². The van der Waals surface area contributed by atoms with Crippen LogP contribution in [-0.2, 0) is 24.2 Å². The van der Waals surface area contributed by atoms with E-state index in [2.05, 4.69) is 9.78 Å². The van der Waals surface area contributed by atoms with Gasteiger partial charge in [-0.1, -0.05) is 41.5 Å². The minimum absolute atomic E-state index is 0.0533. The van der Waals surface area contributed by atoms with Gasteiger partial charge in [-0.15, -0.1) is 0 Å². The SMILES string of the molecule is CC(C)(C)/C(=C/C(=O)OO)C(=O)O.CC(C)(C)CC(C)(C)C(=O)OO. The highest BCUT2D eigenvalue weighted by molar-refractivity contribution is 5.96. The minimum Gasteiger partial charge on any atom is -0.478 e. The van der Waals surface area contributed by atoms with Crippen LogP contribution in [0.3, 0.4) is 0 Å². The lowest BCUT2D eigenvalue weighted by Crippen LogP contribution is -2.30. The fourth-order valence-corrected chi connectivity index (χ4v) is 2.26. The van der Waals surface area contributed by atoms with Crippen LogP contribution in [-0.4, -0.2) is 33.5 Å². The van der Waals surface area contributed by atoms with Crippen LogP contribution in [0.2, 0.25) is 0 Å². The van der Waals surface area contributed by atoms with Crippen molar-refractivity contribution in [1.82, 2.24) is 0 Å². The Morgan fingerprint density at radius 3 is 1.56 bits per heavy atom. The van der Waals surface area contributed by atoms with E-state index >= 15 is 0 Å². The smallest absolute Gasteiger partial charge is 0.366 e. The van der Waals surface area contributed by atoms with Crippen molar-refractivity contribution in [2.24, 2.45) is 16.2 Å². The van der Waals surface area contributed by atoms with Gasteiger partial charge in [-0.25, -0.2) is 14.4 Å². The van der Waals surface area contributed by atoms with Gasteiger partial charge in [0.1, 0.15) is 0 Å². The molecule has 0 radical (unpaired) electrons. The Bertz CT molecular complexity index is 504. The molecular formula is C17H30O8. The first-order chi connectivity index (χ1) is 11.0. The molecule has 0 spiro atoms. The summed E-state index contributed by atoms with van der Waals surface area (Å²) in [6.45, 7) is 14.6. The van der Waals surface area contributed by atoms with E-state index in [0.29, 0.717) is 6.42 Å². The molecule has 0 fully saturated rings. The van der Waals surface area contributed by atoms with Crippen LogP contribution in [0.4, 0.5) is 0 Å². The molecule has 3 N–H and O–H groups in total. The molecule has 8 nitrogen and oxygen atoms in total. The molecule has 146 valence electrons. The first-order valence-corrected chi connectivity index (χ1v) is 7.64. The number of carbonyl (C=O) groups is 3. The molecule has 0 aliphatic heterocycles. The highest BCUT2D eigenvalue weighted by atomic mass is 17.1. The van der Waals surface area contributed by atoms with Gasteiger partial charge in [0.15, 0.2) is 0 Å². The minimum atomic E-state index is -1.21. The van der Waals surface area contributed by atoms with Gasteiger partial charge in [-0.05, 0) is 31.1 Å². The second-order valence-electron chi connectivity index (χ2n) is 8.52. The van der Waals surface area contributed by atoms with E-state index in [9.17, 15) is 14.4 Å². The molecular weight excluding hydrogens is 332 g/mol. The number of aliphatic carboxylic acids is 1. The number of carboxylic acids is 1. The predicted molar refractivity (Wildman–Crippen MR) is 90.5 cm³/mol. The van der Waals surface area contributed by atoms with E-state index in [1.54, 1.807) is 34.6 Å². The summed E-state index contributed by atoms with van der Waals surface area (Å²) < 4.78 is 0. The first kappa shape index (κ1) is 25.3. The van der Waals surface area contributed by atoms with E-state index in [0.717, 1.165) is 6.08 Å². The van der Waals surface area contributed by atoms with Gasteiger partial charge in [0.05, 0.1) is 5.41 Å². The molecule has 0 rings (SSSR count). The van der Waals surface area contributed by atoms with Crippen molar-refractivity contribution < 1.29 is 39.8 Å². The summed E-state index contributed by atoms with van der Waals surface area (Å²) in [7, 11) is 0. The molecule has 25 heavy (non-hydrogen) atoms. The number of rotatable bonds is 4. The summed E-state index contributed by atoms with van der Waals surface area (Å²) in [5, 5.41) is 24.9. The maximum absolute atomic E-state index is 11.0. The molecule has 0 atom stereocenters. The summed E-state index contributed by atoms with van der Waals surface area (Å²) in [4.78, 5) is 39.3. The molecule has 0 aliphatic rings. The zero-order valence-corrected chi connectivity index (χ0v) is 16.2. The van der Waals surface area contributed by atoms with Gasteiger partial charge >= 0.3 is 17.9 Å². The number of hydrogen-bond acceptors (Lipinski definition) is 7. The molecule has 0 aromatic heterocycles. The van der Waals surface area contributed by atoms with Gasteiger partial charge in [0, 0.05) is 11.6 Å². The molecule has 0 saturated carbocycles. The molecule has 0 aromatic carbocycles. The van der Waals surface area contributed by atoms with Gasteiger partial charge in [0.25, 0.3) is 0 Å². The van der Waals surface area contributed by atoms with Crippen LogP contribution in [0.5, 0.6) is 0 Å². The van der Waals surface area contributed by atoms with E-state index in [-0.39, 0.29) is 11.0 Å². The second kappa shape index (κ2) is 9.53. The molecule has 8 heteroatoms. The zero-order chi connectivity index (χ0) is 20.6. The lowest BCUT2D eigenvalue weighted by molar-refractivity contribution is -0.245. The topological polar surface area (TPSA) is 130 Å². The van der Waals surface area contributed by atoms with E-state index in [4.69, 9.17) is 15.6 Å². The van der Waals surface area contributed by atoms with Crippen LogP contribution in [0.1, 0.15) is 61.8 Å². The summed E-state index contributed by atoms with van der Waals surface area (Å²) in [5.74, 6) is -2.87. The Kier molecular flexibility index (Phi) is 9.65. The lowest BCUT2D eigenvalue weighted by Gasteiger charge is -2.28. The van der Waals surface area contributed by atoms with Crippen LogP contribution < -0.4 is 0 Å². The molecule has 0 heterocycles. The predicted octanol–water partition coefficient (Wildman–Crippen LogP) is 3.52. The highest BCUT2D eigenvalue weighted by Crippen LogP contribution is 2.33. The molecule has 0 bridgehead atoms. The quantitative estimate of drug-likeness (QED) is 0.393. The van der Waals surface area contributed by atoms with E-state index in [1.165, 1.54) is 0 Å². The molecule has 0 saturated heterocycles. The van der Waals surface area contributed by atoms with Crippen molar-refractivity contribution in [3.63, 3.8) is 0 Å². The Morgan fingerprint density at radius 1 is 0.880 bits per heavy atom. The lowest BCUT2D eigenvalue weighted by atomic mass is 9.76. The molecule has 0 aliphatic carbocycles. The van der Waals surface area contributed by atoms with Crippen LogP contribution in [0.25, 0.3) is 0 Å². The Labute approximate surface area is 148 Å². The first-order valence-electron chi connectivity index (χ1n) is 7.64. The van der Waals surface area contributed by atoms with Gasteiger partial charge in [-0.3, -0.25) is 4.89 Å². The summed E-state index contributed by atoms with van der Waals surface area (Å²) in [6, 6.07) is 0. The Balaban J connectivity index is 0. The van der Waals surface area contributed by atoms with Crippen molar-refractivity contribution in [2.45, 2.75) is 61.8 Å². The van der Waals surface area contributed by atoms with Gasteiger partial charge in [0.2, 0.25) is 0 Å². The van der Waals surface area contributed by atoms with Crippen LogP contribution in [0.15, 0.2) is 11.6 Å². The van der Waals surface area contributed by atoms with Crippen molar-refractivity contribution in [3.8, 4) is 0 Å². The standard InChI is InChI=1S/C9H18O3.C8H12O5/c1-8(2,3)6-9(4,5)7(10)12-11;1-8(2,3)5(7(10)11)4-6(9)13-12/h11H,6H2,1-5H3;4,12H,1-3H3,(H,10,11)/b;5-4+. The fourth-order valence-electron chi connectivity index (χ4n) is 2.26. The third-order valence-electron chi connectivity index (χ3n) is 3.00. The Hall–Kier alpha value is -1.93. The maximum atomic E-state index is 11.0. The Morgan fingerprint density at radius 2 is 1.32 bits per heavy atom. The molecule has 0 unspecified atom stereocenters.